The van der Waals surface area contributed by atoms with Crippen LogP contribution in [0.1, 0.15) is 28.8 Å². The Morgan fingerprint density at radius 1 is 0.971 bits per heavy atom. The molecule has 1 amide bonds. The van der Waals surface area contributed by atoms with Crippen LogP contribution in [0.5, 0.6) is 5.75 Å². The lowest BCUT2D eigenvalue weighted by molar-refractivity contribution is 0.0909. The van der Waals surface area contributed by atoms with Crippen LogP contribution in [0.25, 0.3) is 16.9 Å². The van der Waals surface area contributed by atoms with Crippen LogP contribution in [0.4, 0.5) is 0 Å². The third kappa shape index (κ3) is 5.44. The summed E-state index contributed by atoms with van der Waals surface area (Å²) in [6.07, 6.45) is 3.68. The fourth-order valence-corrected chi connectivity index (χ4v) is 4.58. The Kier molecular flexibility index (Phi) is 6.91. The van der Waals surface area contributed by atoms with Crippen LogP contribution in [-0.2, 0) is 6.54 Å². The molecule has 6 nitrogen and oxygen atoms in total. The van der Waals surface area contributed by atoms with E-state index in [1.54, 1.807) is 11.8 Å². The van der Waals surface area contributed by atoms with E-state index in [1.807, 2.05) is 66.9 Å². The van der Waals surface area contributed by atoms with E-state index in [0.717, 1.165) is 49.5 Å². The molecular weight excluding hydrogens is 436 g/mol. The number of nitrogens with zero attached hydrogens (tertiary/aromatic N) is 3. The zero-order valence-electron chi connectivity index (χ0n) is 19.9. The lowest BCUT2D eigenvalue weighted by atomic mass is 10.0. The van der Waals surface area contributed by atoms with Gasteiger partial charge in [-0.05, 0) is 42.7 Å². The lowest BCUT2D eigenvalue weighted by Crippen LogP contribution is -2.44. The molecule has 0 radical (unpaired) electrons. The second-order valence-electron chi connectivity index (χ2n) is 8.91. The molecule has 2 heterocycles. The van der Waals surface area contributed by atoms with E-state index in [9.17, 15) is 4.79 Å². The molecular formula is C29H30N4O2. The molecule has 3 aromatic carbocycles. The number of para-hydroxylation sites is 1. The Balaban J connectivity index is 1.33. The van der Waals surface area contributed by atoms with E-state index in [-0.39, 0.29) is 11.9 Å². The molecule has 0 atom stereocenters. The van der Waals surface area contributed by atoms with Gasteiger partial charge in [-0.2, -0.15) is 5.10 Å². The van der Waals surface area contributed by atoms with Crippen molar-refractivity contribution in [2.75, 3.05) is 20.2 Å². The molecule has 0 bridgehead atoms. The van der Waals surface area contributed by atoms with E-state index < -0.39 is 0 Å². The number of aromatic nitrogens is 2. The summed E-state index contributed by atoms with van der Waals surface area (Å²) in [6.45, 7) is 2.88. The predicted octanol–water partition coefficient (Wildman–Crippen LogP) is 4.94. The van der Waals surface area contributed by atoms with E-state index in [2.05, 4.69) is 34.5 Å². The number of ether oxygens (including phenoxy) is 1. The van der Waals surface area contributed by atoms with Gasteiger partial charge in [-0.15, -0.1) is 0 Å². The van der Waals surface area contributed by atoms with Crippen LogP contribution >= 0.6 is 0 Å². The Morgan fingerprint density at radius 3 is 2.40 bits per heavy atom. The van der Waals surface area contributed by atoms with Gasteiger partial charge in [0.1, 0.15) is 11.4 Å². The van der Waals surface area contributed by atoms with Crippen molar-refractivity contribution in [1.29, 1.82) is 0 Å². The van der Waals surface area contributed by atoms with Crippen LogP contribution in [0.15, 0.2) is 91.1 Å². The van der Waals surface area contributed by atoms with Crippen LogP contribution in [0.2, 0.25) is 0 Å². The van der Waals surface area contributed by atoms with Crippen molar-refractivity contribution in [2.24, 2.45) is 0 Å². The average Bonchev–Trinajstić information content (AvgIpc) is 3.37. The topological polar surface area (TPSA) is 59.4 Å². The van der Waals surface area contributed by atoms with Crippen LogP contribution in [-0.4, -0.2) is 46.8 Å². The highest BCUT2D eigenvalue weighted by Crippen LogP contribution is 2.27. The van der Waals surface area contributed by atoms with Crippen LogP contribution in [0.3, 0.4) is 0 Å². The summed E-state index contributed by atoms with van der Waals surface area (Å²) in [6, 6.07) is 28.2. The SMILES string of the molecule is COc1cccc(-c2nn(-c3ccccc3)cc2C(=O)NC2CCN(Cc3ccccc3)CC2)c1. The van der Waals surface area contributed by atoms with Crippen LogP contribution in [0, 0.1) is 0 Å². The van der Waals surface area contributed by atoms with E-state index in [0.29, 0.717) is 11.3 Å². The number of likely N-dealkylation sites (tertiary alicyclic amines) is 1. The molecule has 0 aliphatic carbocycles. The third-order valence-corrected chi connectivity index (χ3v) is 6.49. The van der Waals surface area contributed by atoms with Gasteiger partial charge >= 0.3 is 0 Å². The van der Waals surface area contributed by atoms with Crippen molar-refractivity contribution in [3.8, 4) is 22.7 Å². The van der Waals surface area contributed by atoms with Crippen molar-refractivity contribution in [3.63, 3.8) is 0 Å². The molecule has 0 spiro atoms. The van der Waals surface area contributed by atoms with Crippen LogP contribution < -0.4 is 10.1 Å². The molecule has 1 saturated heterocycles. The number of methoxy groups -OCH3 is 1. The number of piperidine rings is 1. The van der Waals surface area contributed by atoms with Gasteiger partial charge in [0.15, 0.2) is 0 Å². The van der Waals surface area contributed by atoms with Crippen molar-refractivity contribution in [3.05, 3.63) is 102 Å². The molecule has 5 rings (SSSR count). The maximum absolute atomic E-state index is 13.5. The molecule has 6 heteroatoms. The van der Waals surface area contributed by atoms with Gasteiger partial charge in [0.2, 0.25) is 0 Å². The number of nitrogens with one attached hydrogen (secondary N) is 1. The highest BCUT2D eigenvalue weighted by atomic mass is 16.5. The number of hydrogen-bond donors (Lipinski definition) is 1. The summed E-state index contributed by atoms with van der Waals surface area (Å²) < 4.78 is 7.17. The van der Waals surface area contributed by atoms with E-state index in [1.165, 1.54) is 5.56 Å². The number of carbonyl (C=O) groups excluding carboxylic acids is 1. The zero-order chi connectivity index (χ0) is 24.0. The maximum Gasteiger partial charge on any atom is 0.255 e. The molecule has 0 saturated carbocycles. The minimum Gasteiger partial charge on any atom is -0.497 e. The fourth-order valence-electron chi connectivity index (χ4n) is 4.58. The summed E-state index contributed by atoms with van der Waals surface area (Å²) in [7, 11) is 1.64. The van der Waals surface area contributed by atoms with E-state index in [4.69, 9.17) is 9.84 Å². The lowest BCUT2D eigenvalue weighted by Gasteiger charge is -2.32. The Hall–Kier alpha value is -3.90. The molecule has 35 heavy (non-hydrogen) atoms. The summed E-state index contributed by atoms with van der Waals surface area (Å²) >= 11 is 0. The highest BCUT2D eigenvalue weighted by molar-refractivity contribution is 6.00. The Bertz CT molecular complexity index is 1260. The van der Waals surface area contributed by atoms with Gasteiger partial charge in [0.05, 0.1) is 18.4 Å². The first kappa shape index (κ1) is 22.9. The van der Waals surface area contributed by atoms with Crippen molar-refractivity contribution in [2.45, 2.75) is 25.4 Å². The molecule has 1 aliphatic heterocycles. The van der Waals surface area contributed by atoms with Gasteiger partial charge in [-0.3, -0.25) is 9.69 Å². The molecule has 1 aromatic heterocycles. The highest BCUT2D eigenvalue weighted by Gasteiger charge is 2.24. The van der Waals surface area contributed by atoms with Crippen molar-refractivity contribution in [1.82, 2.24) is 20.0 Å². The van der Waals surface area contributed by atoms with Gasteiger partial charge in [0, 0.05) is 37.4 Å². The van der Waals surface area contributed by atoms with Gasteiger partial charge in [0.25, 0.3) is 5.91 Å². The fraction of sp³-hybridized carbons (Fsp3) is 0.241. The normalized spacial score (nSPS) is 14.5. The second kappa shape index (κ2) is 10.6. The molecule has 0 unspecified atom stereocenters. The number of rotatable bonds is 7. The zero-order valence-corrected chi connectivity index (χ0v) is 19.9. The second-order valence-corrected chi connectivity index (χ2v) is 8.91. The summed E-state index contributed by atoms with van der Waals surface area (Å²) in [5.41, 5.74) is 4.29. The quantitative estimate of drug-likeness (QED) is 0.419. The molecule has 1 aliphatic rings. The van der Waals surface area contributed by atoms with E-state index >= 15 is 0 Å². The van der Waals surface area contributed by atoms with Gasteiger partial charge in [-0.1, -0.05) is 60.7 Å². The maximum atomic E-state index is 13.5. The Labute approximate surface area is 206 Å². The molecule has 4 aromatic rings. The molecule has 1 fully saturated rings. The average molecular weight is 467 g/mol. The first-order valence-corrected chi connectivity index (χ1v) is 12.1. The minimum atomic E-state index is -0.0912. The van der Waals surface area contributed by atoms with Gasteiger partial charge < -0.3 is 10.1 Å². The number of benzene rings is 3. The number of amides is 1. The minimum absolute atomic E-state index is 0.0912. The molecule has 1 N–H and O–H groups in total. The number of hydrogen-bond acceptors (Lipinski definition) is 4. The largest absolute Gasteiger partial charge is 0.497 e. The summed E-state index contributed by atoms with van der Waals surface area (Å²) in [4.78, 5) is 15.9. The third-order valence-electron chi connectivity index (χ3n) is 6.49. The summed E-state index contributed by atoms with van der Waals surface area (Å²) in [5, 5.41) is 8.06. The monoisotopic (exact) mass is 466 g/mol. The first-order chi connectivity index (χ1) is 17.2. The first-order valence-electron chi connectivity index (χ1n) is 12.1. The van der Waals surface area contributed by atoms with Crippen molar-refractivity contribution >= 4 is 5.91 Å². The predicted molar refractivity (Wildman–Crippen MR) is 138 cm³/mol. The summed E-state index contributed by atoms with van der Waals surface area (Å²) in [5.74, 6) is 0.639. The van der Waals surface area contributed by atoms with Crippen molar-refractivity contribution < 1.29 is 9.53 Å². The smallest absolute Gasteiger partial charge is 0.255 e. The standard InChI is InChI=1S/C29H30N4O2/c1-35-26-14-8-11-23(19-26)28-27(21-33(31-28)25-12-6-3-7-13-25)29(34)30-24-15-17-32(18-16-24)20-22-9-4-2-5-10-22/h2-14,19,21,24H,15-18,20H2,1H3,(H,30,34). The Morgan fingerprint density at radius 2 is 1.69 bits per heavy atom. The number of carbonyl (C=O) groups is 1. The van der Waals surface area contributed by atoms with Gasteiger partial charge in [-0.25, -0.2) is 4.68 Å². The molecule has 178 valence electrons.